The fourth-order valence-corrected chi connectivity index (χ4v) is 3.16. The van der Waals surface area contributed by atoms with Gasteiger partial charge in [-0.05, 0) is 13.8 Å². The summed E-state index contributed by atoms with van der Waals surface area (Å²) in [4.78, 5) is 0. The first-order valence-corrected chi connectivity index (χ1v) is 7.41. The van der Waals surface area contributed by atoms with Gasteiger partial charge < -0.3 is 4.74 Å². The molecule has 14 heavy (non-hydrogen) atoms. The predicted octanol–water partition coefficient (Wildman–Crippen LogP) is 0.820. The second-order valence-corrected chi connectivity index (χ2v) is 6.29. The lowest BCUT2D eigenvalue weighted by Crippen LogP contribution is -2.51. The normalized spacial score (nSPS) is 30.5. The van der Waals surface area contributed by atoms with Crippen LogP contribution in [0.25, 0.3) is 0 Å². The summed E-state index contributed by atoms with van der Waals surface area (Å²) in [5.41, 5.74) is 0. The summed E-state index contributed by atoms with van der Waals surface area (Å²) in [6.07, 6.45) is -0.0208. The van der Waals surface area contributed by atoms with Crippen LogP contribution in [-0.4, -0.2) is 49.1 Å². The number of alkyl halides is 1. The summed E-state index contributed by atoms with van der Waals surface area (Å²) in [7, 11) is -3.08. The lowest BCUT2D eigenvalue weighted by molar-refractivity contribution is -0.0138. The summed E-state index contributed by atoms with van der Waals surface area (Å²) in [5, 5.41) is 0.676. The van der Waals surface area contributed by atoms with Gasteiger partial charge in [-0.1, -0.05) is 15.9 Å². The first-order valence-electron chi connectivity index (χ1n) is 4.68. The Morgan fingerprint density at radius 2 is 2.21 bits per heavy atom. The van der Waals surface area contributed by atoms with Crippen LogP contribution < -0.4 is 0 Å². The summed E-state index contributed by atoms with van der Waals surface area (Å²) in [5.74, 6) is 0.159. The Morgan fingerprint density at radius 1 is 1.57 bits per heavy atom. The molecular formula is C8H16BrNO3S. The van der Waals surface area contributed by atoms with Crippen LogP contribution in [0.2, 0.25) is 0 Å². The maximum Gasteiger partial charge on any atom is 0.214 e. The van der Waals surface area contributed by atoms with E-state index in [-0.39, 0.29) is 17.9 Å². The highest BCUT2D eigenvalue weighted by Gasteiger charge is 2.32. The molecule has 1 aliphatic rings. The van der Waals surface area contributed by atoms with Crippen molar-refractivity contribution in [3.63, 3.8) is 0 Å². The number of ether oxygens (including phenoxy) is 1. The van der Waals surface area contributed by atoms with Crippen LogP contribution in [0.5, 0.6) is 0 Å². The first-order chi connectivity index (χ1) is 6.51. The van der Waals surface area contributed by atoms with Crippen molar-refractivity contribution in [2.75, 3.05) is 24.2 Å². The molecule has 1 aliphatic heterocycles. The smallest absolute Gasteiger partial charge is 0.214 e. The van der Waals surface area contributed by atoms with Crippen molar-refractivity contribution in [2.45, 2.75) is 26.0 Å². The molecule has 1 fully saturated rings. The third-order valence-electron chi connectivity index (χ3n) is 2.34. The monoisotopic (exact) mass is 285 g/mol. The summed E-state index contributed by atoms with van der Waals surface area (Å²) < 4.78 is 30.4. The van der Waals surface area contributed by atoms with E-state index >= 15 is 0 Å². The first kappa shape index (κ1) is 12.4. The molecule has 0 aromatic rings. The Kier molecular flexibility index (Phi) is 4.36. The van der Waals surface area contributed by atoms with E-state index in [1.54, 1.807) is 11.2 Å². The van der Waals surface area contributed by atoms with E-state index in [0.717, 1.165) is 0 Å². The highest BCUT2D eigenvalue weighted by Crippen LogP contribution is 2.17. The minimum atomic E-state index is -3.08. The second-order valence-electron chi connectivity index (χ2n) is 3.43. The van der Waals surface area contributed by atoms with Gasteiger partial charge in [0.1, 0.15) is 0 Å². The third-order valence-corrected chi connectivity index (χ3v) is 5.02. The van der Waals surface area contributed by atoms with Gasteiger partial charge in [0.25, 0.3) is 0 Å². The molecular weight excluding hydrogens is 270 g/mol. The SMILES string of the molecule is CCS(=O)(=O)N1CC(CBr)OCC1C. The number of morpholine rings is 1. The molecule has 1 saturated heterocycles. The minimum absolute atomic E-state index is 0.0208. The fourth-order valence-electron chi connectivity index (χ4n) is 1.44. The summed E-state index contributed by atoms with van der Waals surface area (Å²) in [6.45, 7) is 4.48. The van der Waals surface area contributed by atoms with Crippen LogP contribution >= 0.6 is 15.9 Å². The van der Waals surface area contributed by atoms with Crippen molar-refractivity contribution < 1.29 is 13.2 Å². The quantitative estimate of drug-likeness (QED) is 0.722. The van der Waals surface area contributed by atoms with Crippen molar-refractivity contribution in [1.29, 1.82) is 0 Å². The van der Waals surface area contributed by atoms with E-state index in [0.29, 0.717) is 18.5 Å². The number of halogens is 1. The zero-order chi connectivity index (χ0) is 10.8. The second kappa shape index (κ2) is 4.92. The summed E-state index contributed by atoms with van der Waals surface area (Å²) in [6, 6.07) is -0.0461. The number of sulfonamides is 1. The molecule has 0 aliphatic carbocycles. The van der Waals surface area contributed by atoms with Crippen molar-refractivity contribution in [1.82, 2.24) is 4.31 Å². The number of hydrogen-bond donors (Lipinski definition) is 0. The van der Waals surface area contributed by atoms with Crippen molar-refractivity contribution in [3.8, 4) is 0 Å². The lowest BCUT2D eigenvalue weighted by atomic mass is 10.2. The maximum absolute atomic E-state index is 11.7. The number of rotatable bonds is 3. The van der Waals surface area contributed by atoms with E-state index in [1.165, 1.54) is 0 Å². The molecule has 1 rings (SSSR count). The van der Waals surface area contributed by atoms with Crippen LogP contribution in [0.15, 0.2) is 0 Å². The van der Waals surface area contributed by atoms with Gasteiger partial charge in [-0.2, -0.15) is 4.31 Å². The zero-order valence-corrected chi connectivity index (χ0v) is 10.8. The van der Waals surface area contributed by atoms with Gasteiger partial charge in [0.2, 0.25) is 10.0 Å². The van der Waals surface area contributed by atoms with E-state index in [1.807, 2.05) is 6.92 Å². The van der Waals surface area contributed by atoms with E-state index in [2.05, 4.69) is 15.9 Å². The molecule has 0 spiro atoms. The number of nitrogens with zero attached hydrogens (tertiary/aromatic N) is 1. The molecule has 6 heteroatoms. The maximum atomic E-state index is 11.7. The third kappa shape index (κ3) is 2.68. The van der Waals surface area contributed by atoms with E-state index < -0.39 is 10.0 Å². The topological polar surface area (TPSA) is 46.6 Å². The van der Waals surface area contributed by atoms with Gasteiger partial charge in [0, 0.05) is 17.9 Å². The van der Waals surface area contributed by atoms with Gasteiger partial charge in [-0.15, -0.1) is 0 Å². The molecule has 84 valence electrons. The van der Waals surface area contributed by atoms with Gasteiger partial charge in [0.05, 0.1) is 18.5 Å². The molecule has 2 atom stereocenters. The van der Waals surface area contributed by atoms with Crippen LogP contribution in [0.1, 0.15) is 13.8 Å². The Bertz CT molecular complexity index is 280. The minimum Gasteiger partial charge on any atom is -0.374 e. The predicted molar refractivity (Wildman–Crippen MR) is 59.2 cm³/mol. The largest absolute Gasteiger partial charge is 0.374 e. The molecule has 0 aromatic heterocycles. The molecule has 0 bridgehead atoms. The average Bonchev–Trinajstić information content (AvgIpc) is 2.18. The van der Waals surface area contributed by atoms with Crippen LogP contribution in [0.4, 0.5) is 0 Å². The molecule has 0 aromatic carbocycles. The van der Waals surface area contributed by atoms with Gasteiger partial charge in [-0.3, -0.25) is 0 Å². The molecule has 1 heterocycles. The van der Waals surface area contributed by atoms with Gasteiger partial charge in [0.15, 0.2) is 0 Å². The Labute approximate surface area is 93.8 Å². The summed E-state index contributed by atoms with van der Waals surface area (Å²) >= 11 is 3.30. The molecule has 0 saturated carbocycles. The highest BCUT2D eigenvalue weighted by atomic mass is 79.9. The Balaban J connectivity index is 2.75. The van der Waals surface area contributed by atoms with Gasteiger partial charge in [-0.25, -0.2) is 8.42 Å². The molecule has 4 nitrogen and oxygen atoms in total. The van der Waals surface area contributed by atoms with Crippen LogP contribution in [0.3, 0.4) is 0 Å². The van der Waals surface area contributed by atoms with Crippen LogP contribution in [0, 0.1) is 0 Å². The molecule has 0 amide bonds. The van der Waals surface area contributed by atoms with Crippen molar-refractivity contribution in [2.24, 2.45) is 0 Å². The zero-order valence-electron chi connectivity index (χ0n) is 8.44. The molecule has 0 N–H and O–H groups in total. The highest BCUT2D eigenvalue weighted by molar-refractivity contribution is 9.09. The van der Waals surface area contributed by atoms with Crippen LogP contribution in [-0.2, 0) is 14.8 Å². The van der Waals surface area contributed by atoms with Crippen molar-refractivity contribution in [3.05, 3.63) is 0 Å². The van der Waals surface area contributed by atoms with E-state index in [9.17, 15) is 8.42 Å². The molecule has 0 radical (unpaired) electrons. The van der Waals surface area contributed by atoms with Gasteiger partial charge >= 0.3 is 0 Å². The van der Waals surface area contributed by atoms with E-state index in [4.69, 9.17) is 4.74 Å². The Morgan fingerprint density at radius 3 is 2.71 bits per heavy atom. The standard InChI is InChI=1S/C8H16BrNO3S/c1-3-14(11,12)10-5-8(4-9)13-6-7(10)2/h7-8H,3-6H2,1-2H3. The average molecular weight is 286 g/mol. The van der Waals surface area contributed by atoms with Crippen molar-refractivity contribution >= 4 is 26.0 Å². The number of hydrogen-bond acceptors (Lipinski definition) is 3. The lowest BCUT2D eigenvalue weighted by Gasteiger charge is -2.36. The molecule has 2 unspecified atom stereocenters. The Hall–Kier alpha value is 0.350. The fraction of sp³-hybridized carbons (Fsp3) is 1.00.